The number of hydrogen-bond donors (Lipinski definition) is 2. The van der Waals surface area contributed by atoms with E-state index >= 15 is 0 Å². The summed E-state index contributed by atoms with van der Waals surface area (Å²) in [6, 6.07) is 3.68. The predicted octanol–water partition coefficient (Wildman–Crippen LogP) is 1.01. The molecule has 0 fully saturated rings. The van der Waals surface area contributed by atoms with Gasteiger partial charge in [-0.2, -0.15) is 0 Å². The molecule has 0 aliphatic carbocycles. The molecule has 0 saturated carbocycles. The van der Waals surface area contributed by atoms with Crippen LogP contribution in [0, 0.1) is 0 Å². The summed E-state index contributed by atoms with van der Waals surface area (Å²) in [5.74, 6) is 5.87. The van der Waals surface area contributed by atoms with Crippen LogP contribution in [0.1, 0.15) is 5.76 Å². The normalized spacial score (nSPS) is 10.0. The molecular formula is C5H7BrN2O. The fraction of sp³-hybridized carbons (Fsp3) is 0.200. The second kappa shape index (κ2) is 3.00. The van der Waals surface area contributed by atoms with Crippen LogP contribution in [0.2, 0.25) is 0 Å². The molecule has 3 nitrogen and oxygen atoms in total. The molecule has 3 N–H and O–H groups in total. The Balaban J connectivity index is 2.61. The SMILES string of the molecule is NNCc1ccc(Br)o1. The van der Waals surface area contributed by atoms with Crippen LogP contribution in [0.5, 0.6) is 0 Å². The number of hydrogen-bond acceptors (Lipinski definition) is 3. The van der Waals surface area contributed by atoms with E-state index in [4.69, 9.17) is 10.3 Å². The minimum absolute atomic E-state index is 0.561. The highest BCUT2D eigenvalue weighted by Crippen LogP contribution is 2.12. The molecule has 0 aliphatic rings. The van der Waals surface area contributed by atoms with Gasteiger partial charge < -0.3 is 4.42 Å². The monoisotopic (exact) mass is 190 g/mol. The average molecular weight is 191 g/mol. The van der Waals surface area contributed by atoms with E-state index in [0.29, 0.717) is 6.54 Å². The van der Waals surface area contributed by atoms with Gasteiger partial charge in [0.05, 0.1) is 6.54 Å². The van der Waals surface area contributed by atoms with Gasteiger partial charge >= 0.3 is 0 Å². The van der Waals surface area contributed by atoms with E-state index in [1.165, 1.54) is 0 Å². The highest BCUT2D eigenvalue weighted by Gasteiger charge is 1.95. The van der Waals surface area contributed by atoms with Crippen LogP contribution < -0.4 is 11.3 Å². The Morgan fingerprint density at radius 3 is 2.89 bits per heavy atom. The molecular weight excluding hydrogens is 184 g/mol. The largest absolute Gasteiger partial charge is 0.453 e. The van der Waals surface area contributed by atoms with Crippen LogP contribution in [0.3, 0.4) is 0 Å². The molecule has 0 saturated heterocycles. The summed E-state index contributed by atoms with van der Waals surface area (Å²) in [6.45, 7) is 0.561. The van der Waals surface area contributed by atoms with E-state index in [2.05, 4.69) is 21.4 Å². The van der Waals surface area contributed by atoms with Gasteiger partial charge in [0.1, 0.15) is 5.76 Å². The molecule has 1 rings (SSSR count). The van der Waals surface area contributed by atoms with Crippen molar-refractivity contribution in [3.05, 3.63) is 22.6 Å². The highest BCUT2D eigenvalue weighted by molar-refractivity contribution is 9.10. The zero-order valence-electron chi connectivity index (χ0n) is 4.73. The Labute approximate surface area is 61.3 Å². The summed E-state index contributed by atoms with van der Waals surface area (Å²) >= 11 is 3.17. The highest BCUT2D eigenvalue weighted by atomic mass is 79.9. The number of hydrazine groups is 1. The molecule has 4 heteroatoms. The smallest absolute Gasteiger partial charge is 0.169 e. The van der Waals surface area contributed by atoms with E-state index in [-0.39, 0.29) is 0 Å². The second-order valence-corrected chi connectivity index (χ2v) is 2.37. The Bertz CT molecular complexity index is 187. The molecule has 0 amide bonds. The minimum Gasteiger partial charge on any atom is -0.453 e. The Morgan fingerprint density at radius 2 is 2.44 bits per heavy atom. The summed E-state index contributed by atoms with van der Waals surface area (Å²) < 4.78 is 5.83. The molecule has 0 radical (unpaired) electrons. The van der Waals surface area contributed by atoms with Crippen LogP contribution in [0.25, 0.3) is 0 Å². The lowest BCUT2D eigenvalue weighted by Gasteiger charge is -1.90. The topological polar surface area (TPSA) is 51.2 Å². The lowest BCUT2D eigenvalue weighted by atomic mass is 10.5. The van der Waals surface area contributed by atoms with Crippen molar-refractivity contribution in [1.82, 2.24) is 5.43 Å². The van der Waals surface area contributed by atoms with Crippen LogP contribution >= 0.6 is 15.9 Å². The second-order valence-electron chi connectivity index (χ2n) is 1.59. The van der Waals surface area contributed by atoms with E-state index in [1.54, 1.807) is 0 Å². The first-order valence-electron chi connectivity index (χ1n) is 2.50. The van der Waals surface area contributed by atoms with Gasteiger partial charge in [0, 0.05) is 0 Å². The lowest BCUT2D eigenvalue weighted by molar-refractivity contribution is 0.469. The number of rotatable bonds is 2. The maximum Gasteiger partial charge on any atom is 0.169 e. The van der Waals surface area contributed by atoms with Crippen LogP contribution in [-0.2, 0) is 6.54 Å². The van der Waals surface area contributed by atoms with Crippen molar-refractivity contribution in [2.24, 2.45) is 5.84 Å². The summed E-state index contributed by atoms with van der Waals surface area (Å²) in [7, 11) is 0. The van der Waals surface area contributed by atoms with Gasteiger partial charge in [0.25, 0.3) is 0 Å². The van der Waals surface area contributed by atoms with E-state index in [0.717, 1.165) is 10.4 Å². The van der Waals surface area contributed by atoms with Gasteiger partial charge in [-0.3, -0.25) is 11.3 Å². The number of nitrogens with two attached hydrogens (primary N) is 1. The van der Waals surface area contributed by atoms with Gasteiger partial charge in [0.15, 0.2) is 4.67 Å². The average Bonchev–Trinajstić information content (AvgIpc) is 2.17. The molecule has 0 spiro atoms. The van der Waals surface area contributed by atoms with Crippen molar-refractivity contribution in [1.29, 1.82) is 0 Å². The van der Waals surface area contributed by atoms with Crippen LogP contribution in [0.15, 0.2) is 21.2 Å². The molecule has 1 aromatic rings. The van der Waals surface area contributed by atoms with Crippen molar-refractivity contribution >= 4 is 15.9 Å². The van der Waals surface area contributed by atoms with Crippen LogP contribution in [0.4, 0.5) is 0 Å². The summed E-state index contributed by atoms with van der Waals surface area (Å²) in [5.41, 5.74) is 2.48. The molecule has 1 heterocycles. The first-order valence-corrected chi connectivity index (χ1v) is 3.30. The van der Waals surface area contributed by atoms with Gasteiger partial charge in [-0.05, 0) is 28.1 Å². The zero-order valence-corrected chi connectivity index (χ0v) is 6.31. The third-order valence-corrected chi connectivity index (χ3v) is 1.33. The third-order valence-electron chi connectivity index (χ3n) is 0.905. The van der Waals surface area contributed by atoms with Crippen molar-refractivity contribution in [3.8, 4) is 0 Å². The van der Waals surface area contributed by atoms with Crippen molar-refractivity contribution < 1.29 is 4.42 Å². The Morgan fingerprint density at radius 1 is 1.67 bits per heavy atom. The minimum atomic E-state index is 0.561. The fourth-order valence-corrected chi connectivity index (χ4v) is 0.887. The quantitative estimate of drug-likeness (QED) is 0.541. The maximum absolute atomic E-state index is 5.10. The molecule has 0 bridgehead atoms. The maximum atomic E-state index is 5.10. The van der Waals surface area contributed by atoms with Gasteiger partial charge in [-0.15, -0.1) is 0 Å². The summed E-state index contributed by atoms with van der Waals surface area (Å²) in [6.07, 6.45) is 0. The number of halogens is 1. The van der Waals surface area contributed by atoms with Gasteiger partial charge in [-0.25, -0.2) is 0 Å². The van der Waals surface area contributed by atoms with Gasteiger partial charge in [-0.1, -0.05) is 0 Å². The van der Waals surface area contributed by atoms with Gasteiger partial charge in [0.2, 0.25) is 0 Å². The molecule has 0 unspecified atom stereocenters. The predicted molar refractivity (Wildman–Crippen MR) is 37.4 cm³/mol. The zero-order chi connectivity index (χ0) is 6.69. The summed E-state index contributed by atoms with van der Waals surface area (Å²) in [5, 5.41) is 0. The fourth-order valence-electron chi connectivity index (χ4n) is 0.547. The molecule has 9 heavy (non-hydrogen) atoms. The van der Waals surface area contributed by atoms with Crippen molar-refractivity contribution in [3.63, 3.8) is 0 Å². The van der Waals surface area contributed by atoms with E-state index in [1.807, 2.05) is 12.1 Å². The van der Waals surface area contributed by atoms with Crippen molar-refractivity contribution in [2.45, 2.75) is 6.54 Å². The lowest BCUT2D eigenvalue weighted by Crippen LogP contribution is -2.20. The van der Waals surface area contributed by atoms with Crippen LogP contribution in [-0.4, -0.2) is 0 Å². The molecule has 1 aromatic heterocycles. The first-order chi connectivity index (χ1) is 4.33. The molecule has 50 valence electrons. The summed E-state index contributed by atoms with van der Waals surface area (Å²) in [4.78, 5) is 0. The standard InChI is InChI=1S/C5H7BrN2O/c6-5-2-1-4(9-5)3-8-7/h1-2,8H,3,7H2. The molecule has 0 aliphatic heterocycles. The molecule has 0 atom stereocenters. The van der Waals surface area contributed by atoms with Crippen molar-refractivity contribution in [2.75, 3.05) is 0 Å². The number of furan rings is 1. The van der Waals surface area contributed by atoms with E-state index < -0.39 is 0 Å². The first kappa shape index (κ1) is 6.80. The number of nitrogens with one attached hydrogen (secondary N) is 1. The third kappa shape index (κ3) is 1.82. The van der Waals surface area contributed by atoms with E-state index in [9.17, 15) is 0 Å². The molecule has 0 aromatic carbocycles. The Kier molecular flexibility index (Phi) is 2.27. The Hall–Kier alpha value is -0.320.